The number of aryl methyl sites for hydroxylation is 1. The lowest BCUT2D eigenvalue weighted by molar-refractivity contribution is 0.0524. The number of hydrogen-bond donors (Lipinski definition) is 0. The molecule has 0 saturated heterocycles. The summed E-state index contributed by atoms with van der Waals surface area (Å²) in [4.78, 5) is 13.6. The lowest BCUT2D eigenvalue weighted by atomic mass is 10.2. The van der Waals surface area contributed by atoms with E-state index >= 15 is 0 Å². The summed E-state index contributed by atoms with van der Waals surface area (Å²) in [6, 6.07) is 3.81. The van der Waals surface area contributed by atoms with E-state index in [1.54, 1.807) is 6.92 Å². The van der Waals surface area contributed by atoms with Crippen molar-refractivity contribution in [1.29, 1.82) is 0 Å². The van der Waals surface area contributed by atoms with Crippen molar-refractivity contribution in [2.75, 3.05) is 6.61 Å². The predicted molar refractivity (Wildman–Crippen MR) is 54.5 cm³/mol. The van der Waals surface area contributed by atoms with Gasteiger partial charge in [-0.05, 0) is 32.9 Å². The highest BCUT2D eigenvalue weighted by Gasteiger charge is 2.16. The highest BCUT2D eigenvalue weighted by atomic mass is 32.1. The molecule has 0 aliphatic heterocycles. The molecular weight excluding hydrogens is 184 g/mol. The van der Waals surface area contributed by atoms with Crippen LogP contribution >= 0.6 is 11.3 Å². The van der Waals surface area contributed by atoms with E-state index < -0.39 is 0 Å². The molecule has 0 aromatic carbocycles. The maximum atomic E-state index is 11.6. The Balaban J connectivity index is 2.67. The first-order chi connectivity index (χ1) is 6.15. The van der Waals surface area contributed by atoms with Crippen molar-refractivity contribution in [3.8, 4) is 0 Å². The van der Waals surface area contributed by atoms with Gasteiger partial charge >= 0.3 is 0 Å². The molecule has 1 heterocycles. The Kier molecular flexibility index (Phi) is 3.63. The monoisotopic (exact) mass is 198 g/mol. The first-order valence-corrected chi connectivity index (χ1v) is 5.19. The van der Waals surface area contributed by atoms with Crippen LogP contribution in [0.4, 0.5) is 0 Å². The Morgan fingerprint density at radius 1 is 1.62 bits per heavy atom. The molecule has 0 fully saturated rings. The Morgan fingerprint density at radius 3 is 2.77 bits per heavy atom. The number of thiophene rings is 1. The van der Waals surface area contributed by atoms with Gasteiger partial charge in [-0.2, -0.15) is 0 Å². The fourth-order valence-corrected chi connectivity index (χ4v) is 1.98. The molecule has 2 nitrogen and oxygen atoms in total. The Morgan fingerprint density at radius 2 is 2.31 bits per heavy atom. The molecule has 1 aromatic heterocycles. The first-order valence-electron chi connectivity index (χ1n) is 4.37. The summed E-state index contributed by atoms with van der Waals surface area (Å²) in [6.07, 6.45) is -0.317. The average Bonchev–Trinajstić information content (AvgIpc) is 2.51. The van der Waals surface area contributed by atoms with E-state index in [-0.39, 0.29) is 11.9 Å². The molecule has 0 saturated carbocycles. The van der Waals surface area contributed by atoms with Crippen LogP contribution in [0.1, 0.15) is 28.4 Å². The summed E-state index contributed by atoms with van der Waals surface area (Å²) >= 11 is 1.52. The van der Waals surface area contributed by atoms with Gasteiger partial charge < -0.3 is 4.74 Å². The second-order valence-corrected chi connectivity index (χ2v) is 4.16. The van der Waals surface area contributed by atoms with Crippen LogP contribution in [-0.4, -0.2) is 18.5 Å². The fourth-order valence-electron chi connectivity index (χ4n) is 1.09. The fraction of sp³-hybridized carbons (Fsp3) is 0.500. The van der Waals surface area contributed by atoms with Crippen LogP contribution in [0.2, 0.25) is 0 Å². The van der Waals surface area contributed by atoms with E-state index in [1.165, 1.54) is 11.3 Å². The van der Waals surface area contributed by atoms with Crippen LogP contribution in [0.15, 0.2) is 12.1 Å². The minimum atomic E-state index is -0.317. The van der Waals surface area contributed by atoms with E-state index in [0.717, 1.165) is 9.75 Å². The van der Waals surface area contributed by atoms with Gasteiger partial charge in [0.2, 0.25) is 5.78 Å². The molecule has 0 N–H and O–H groups in total. The SMILES string of the molecule is CCOC(C)C(=O)c1ccc(C)s1. The highest BCUT2D eigenvalue weighted by molar-refractivity contribution is 7.14. The van der Waals surface area contributed by atoms with Gasteiger partial charge in [0.1, 0.15) is 6.10 Å². The Hall–Kier alpha value is -0.670. The summed E-state index contributed by atoms with van der Waals surface area (Å²) in [5.74, 6) is 0.0833. The molecule has 0 spiro atoms. The van der Waals surface area contributed by atoms with Crippen LogP contribution in [0, 0.1) is 6.92 Å². The standard InChI is InChI=1S/C10H14O2S/c1-4-12-8(3)10(11)9-6-5-7(2)13-9/h5-6,8H,4H2,1-3H3. The zero-order valence-corrected chi connectivity index (χ0v) is 8.98. The van der Waals surface area contributed by atoms with Crippen molar-refractivity contribution < 1.29 is 9.53 Å². The molecule has 0 radical (unpaired) electrons. The molecule has 3 heteroatoms. The molecule has 0 amide bonds. The van der Waals surface area contributed by atoms with Crippen molar-refractivity contribution in [2.24, 2.45) is 0 Å². The number of hydrogen-bond acceptors (Lipinski definition) is 3. The van der Waals surface area contributed by atoms with Gasteiger partial charge in [-0.1, -0.05) is 0 Å². The minimum Gasteiger partial charge on any atom is -0.371 e. The van der Waals surface area contributed by atoms with Crippen LogP contribution in [0.25, 0.3) is 0 Å². The van der Waals surface area contributed by atoms with Crippen LogP contribution < -0.4 is 0 Å². The van der Waals surface area contributed by atoms with Crippen LogP contribution in [0.3, 0.4) is 0 Å². The van der Waals surface area contributed by atoms with E-state index in [0.29, 0.717) is 6.61 Å². The third kappa shape index (κ3) is 2.64. The molecule has 0 aliphatic carbocycles. The maximum absolute atomic E-state index is 11.6. The summed E-state index contributed by atoms with van der Waals surface area (Å²) in [6.45, 7) is 6.26. The molecule has 0 bridgehead atoms. The summed E-state index contributed by atoms with van der Waals surface area (Å²) in [5.41, 5.74) is 0. The largest absolute Gasteiger partial charge is 0.371 e. The quantitative estimate of drug-likeness (QED) is 0.695. The van der Waals surface area contributed by atoms with Gasteiger partial charge in [0.05, 0.1) is 4.88 Å². The van der Waals surface area contributed by atoms with Gasteiger partial charge in [-0.3, -0.25) is 4.79 Å². The number of carbonyl (C=O) groups excluding carboxylic acids is 1. The van der Waals surface area contributed by atoms with E-state index in [2.05, 4.69) is 0 Å². The minimum absolute atomic E-state index is 0.0833. The highest BCUT2D eigenvalue weighted by Crippen LogP contribution is 2.17. The molecule has 0 aliphatic rings. The van der Waals surface area contributed by atoms with Crippen molar-refractivity contribution in [3.05, 3.63) is 21.9 Å². The number of carbonyl (C=O) groups is 1. The third-order valence-corrected chi connectivity index (χ3v) is 2.78. The maximum Gasteiger partial charge on any atom is 0.201 e. The number of ether oxygens (including phenoxy) is 1. The third-order valence-electron chi connectivity index (χ3n) is 1.77. The lowest BCUT2D eigenvalue weighted by Crippen LogP contribution is -2.19. The lowest BCUT2D eigenvalue weighted by Gasteiger charge is -2.07. The smallest absolute Gasteiger partial charge is 0.201 e. The molecule has 1 aromatic rings. The second kappa shape index (κ2) is 4.53. The van der Waals surface area contributed by atoms with E-state index in [9.17, 15) is 4.79 Å². The second-order valence-electron chi connectivity index (χ2n) is 2.87. The number of ketones is 1. The normalized spacial score (nSPS) is 12.8. The van der Waals surface area contributed by atoms with Gasteiger partial charge in [0, 0.05) is 11.5 Å². The average molecular weight is 198 g/mol. The molecule has 1 rings (SSSR count). The van der Waals surface area contributed by atoms with Crippen molar-refractivity contribution in [3.63, 3.8) is 0 Å². The van der Waals surface area contributed by atoms with Gasteiger partial charge in [0.25, 0.3) is 0 Å². The summed E-state index contributed by atoms with van der Waals surface area (Å²) in [5, 5.41) is 0. The molecule has 13 heavy (non-hydrogen) atoms. The van der Waals surface area contributed by atoms with Crippen molar-refractivity contribution in [2.45, 2.75) is 26.9 Å². The molecule has 72 valence electrons. The predicted octanol–water partition coefficient (Wildman–Crippen LogP) is 2.66. The Labute approximate surface area is 82.5 Å². The number of rotatable bonds is 4. The molecule has 1 unspecified atom stereocenters. The van der Waals surface area contributed by atoms with E-state index in [4.69, 9.17) is 4.74 Å². The molecular formula is C10H14O2S. The van der Waals surface area contributed by atoms with Crippen LogP contribution in [0.5, 0.6) is 0 Å². The van der Waals surface area contributed by atoms with E-state index in [1.807, 2.05) is 26.0 Å². The number of Topliss-reactive ketones (excluding diaryl/α,β-unsaturated/α-hetero) is 1. The van der Waals surface area contributed by atoms with Crippen molar-refractivity contribution in [1.82, 2.24) is 0 Å². The molecule has 1 atom stereocenters. The summed E-state index contributed by atoms with van der Waals surface area (Å²) < 4.78 is 5.22. The topological polar surface area (TPSA) is 26.3 Å². The van der Waals surface area contributed by atoms with Gasteiger partial charge in [0.15, 0.2) is 0 Å². The van der Waals surface area contributed by atoms with Gasteiger partial charge in [-0.15, -0.1) is 11.3 Å². The van der Waals surface area contributed by atoms with Gasteiger partial charge in [-0.25, -0.2) is 0 Å². The zero-order chi connectivity index (χ0) is 9.84. The van der Waals surface area contributed by atoms with Crippen LogP contribution in [-0.2, 0) is 4.74 Å². The zero-order valence-electron chi connectivity index (χ0n) is 8.16. The first kappa shape index (κ1) is 10.4. The summed E-state index contributed by atoms with van der Waals surface area (Å²) in [7, 11) is 0. The van der Waals surface area contributed by atoms with Crippen molar-refractivity contribution >= 4 is 17.1 Å². The Bertz CT molecular complexity index is 291.